The van der Waals surface area contributed by atoms with Gasteiger partial charge in [0.25, 0.3) is 5.60 Å². The van der Waals surface area contributed by atoms with E-state index in [1.54, 1.807) is 43.5 Å². The highest BCUT2D eigenvalue weighted by atomic mass is 16.7. The van der Waals surface area contributed by atoms with E-state index in [0.717, 1.165) is 11.3 Å². The normalized spacial score (nSPS) is 19.3. The first kappa shape index (κ1) is 15.9. The maximum absolute atomic E-state index is 12.8. The second kappa shape index (κ2) is 6.28. The monoisotopic (exact) mass is 323 g/mol. The van der Waals surface area contributed by atoms with Crippen molar-refractivity contribution >= 4 is 17.3 Å². The summed E-state index contributed by atoms with van der Waals surface area (Å²) < 4.78 is 5.13. The Morgan fingerprint density at radius 2 is 1.75 bits per heavy atom. The minimum Gasteiger partial charge on any atom is -0.497 e. The number of ether oxygens (including phenoxy) is 1. The third-order valence-electron chi connectivity index (χ3n) is 4.12. The SMILES string of the molecule is COc1ccc(C2=NOC(C(C)=O)(C(=O)c3ccccc3)C2)cc1. The molecule has 5 nitrogen and oxygen atoms in total. The molecular weight excluding hydrogens is 306 g/mol. The van der Waals surface area contributed by atoms with E-state index in [-0.39, 0.29) is 18.0 Å². The lowest BCUT2D eigenvalue weighted by Crippen LogP contribution is -2.45. The Hall–Kier alpha value is -2.95. The average molecular weight is 323 g/mol. The number of oxime groups is 1. The van der Waals surface area contributed by atoms with E-state index >= 15 is 0 Å². The van der Waals surface area contributed by atoms with E-state index in [1.165, 1.54) is 6.92 Å². The lowest BCUT2D eigenvalue weighted by atomic mass is 9.84. The molecule has 0 radical (unpaired) electrons. The van der Waals surface area contributed by atoms with Gasteiger partial charge in [-0.25, -0.2) is 0 Å². The van der Waals surface area contributed by atoms with Gasteiger partial charge in [0, 0.05) is 5.56 Å². The second-order valence-corrected chi connectivity index (χ2v) is 5.61. The molecule has 0 spiro atoms. The van der Waals surface area contributed by atoms with Gasteiger partial charge >= 0.3 is 0 Å². The van der Waals surface area contributed by atoms with Gasteiger partial charge in [-0.05, 0) is 36.8 Å². The first-order chi connectivity index (χ1) is 11.6. The summed E-state index contributed by atoms with van der Waals surface area (Å²) in [6, 6.07) is 15.9. The first-order valence-corrected chi connectivity index (χ1v) is 7.57. The van der Waals surface area contributed by atoms with E-state index in [0.29, 0.717) is 11.3 Å². The minimum absolute atomic E-state index is 0.113. The summed E-state index contributed by atoms with van der Waals surface area (Å²) in [7, 11) is 1.59. The number of nitrogens with zero attached hydrogens (tertiary/aromatic N) is 1. The molecule has 5 heteroatoms. The van der Waals surface area contributed by atoms with Crippen LogP contribution < -0.4 is 4.74 Å². The Morgan fingerprint density at radius 1 is 1.08 bits per heavy atom. The Kier molecular flexibility index (Phi) is 4.16. The molecule has 0 aliphatic carbocycles. The fourth-order valence-corrected chi connectivity index (χ4v) is 2.66. The van der Waals surface area contributed by atoms with Crippen molar-refractivity contribution < 1.29 is 19.2 Å². The van der Waals surface area contributed by atoms with Crippen LogP contribution in [-0.2, 0) is 9.63 Å². The number of ketones is 2. The van der Waals surface area contributed by atoms with E-state index < -0.39 is 5.60 Å². The van der Waals surface area contributed by atoms with Crippen LogP contribution in [0.4, 0.5) is 0 Å². The minimum atomic E-state index is -1.59. The molecule has 0 bridgehead atoms. The summed E-state index contributed by atoms with van der Waals surface area (Å²) in [6.07, 6.45) is 0.113. The molecule has 122 valence electrons. The second-order valence-electron chi connectivity index (χ2n) is 5.61. The Bertz CT molecular complexity index is 796. The number of rotatable bonds is 5. The molecule has 1 aliphatic heterocycles. The number of carbonyl (C=O) groups excluding carboxylic acids is 2. The third kappa shape index (κ3) is 2.69. The van der Waals surface area contributed by atoms with Gasteiger partial charge in [-0.15, -0.1) is 0 Å². The predicted octanol–water partition coefficient (Wildman–Crippen LogP) is 3.03. The van der Waals surface area contributed by atoms with E-state index in [1.807, 2.05) is 18.2 Å². The molecule has 1 unspecified atom stereocenters. The van der Waals surface area contributed by atoms with Crippen molar-refractivity contribution in [2.24, 2.45) is 5.16 Å². The predicted molar refractivity (Wildman–Crippen MR) is 89.4 cm³/mol. The fourth-order valence-electron chi connectivity index (χ4n) is 2.66. The average Bonchev–Trinajstić information content (AvgIpc) is 3.09. The zero-order valence-corrected chi connectivity index (χ0v) is 13.5. The summed E-state index contributed by atoms with van der Waals surface area (Å²) in [5, 5.41) is 4.02. The van der Waals surface area contributed by atoms with Gasteiger partial charge in [0.05, 0.1) is 19.2 Å². The summed E-state index contributed by atoms with van der Waals surface area (Å²) in [6.45, 7) is 1.35. The van der Waals surface area contributed by atoms with Crippen molar-refractivity contribution in [1.29, 1.82) is 0 Å². The maximum atomic E-state index is 12.8. The van der Waals surface area contributed by atoms with Crippen LogP contribution in [-0.4, -0.2) is 30.0 Å². The van der Waals surface area contributed by atoms with Crippen LogP contribution in [0.2, 0.25) is 0 Å². The van der Waals surface area contributed by atoms with Crippen LogP contribution in [0.3, 0.4) is 0 Å². The van der Waals surface area contributed by atoms with Crippen molar-refractivity contribution in [3.05, 3.63) is 65.7 Å². The number of carbonyl (C=O) groups is 2. The molecule has 1 aliphatic rings. The van der Waals surface area contributed by atoms with Crippen LogP contribution in [0.5, 0.6) is 5.75 Å². The van der Waals surface area contributed by atoms with Crippen LogP contribution in [0.1, 0.15) is 29.3 Å². The van der Waals surface area contributed by atoms with Crippen molar-refractivity contribution in [3.63, 3.8) is 0 Å². The van der Waals surface area contributed by atoms with E-state index in [2.05, 4.69) is 5.16 Å². The zero-order valence-electron chi connectivity index (χ0n) is 13.5. The number of hydrogen-bond donors (Lipinski definition) is 0. The molecule has 0 saturated heterocycles. The fraction of sp³-hybridized carbons (Fsp3) is 0.211. The van der Waals surface area contributed by atoms with Gasteiger partial charge < -0.3 is 9.57 Å². The Morgan fingerprint density at radius 3 is 2.33 bits per heavy atom. The lowest BCUT2D eigenvalue weighted by Gasteiger charge is -2.21. The molecule has 0 N–H and O–H groups in total. The van der Waals surface area contributed by atoms with Gasteiger partial charge in [-0.3, -0.25) is 9.59 Å². The Labute approximate surface area is 139 Å². The zero-order chi connectivity index (χ0) is 17.2. The number of Topliss-reactive ketones (excluding diaryl/α,β-unsaturated/α-hetero) is 2. The van der Waals surface area contributed by atoms with Crippen LogP contribution >= 0.6 is 0 Å². The molecule has 2 aromatic carbocycles. The molecule has 3 rings (SSSR count). The molecule has 0 fully saturated rings. The highest BCUT2D eigenvalue weighted by molar-refractivity contribution is 6.21. The van der Waals surface area contributed by atoms with Crippen LogP contribution in [0, 0.1) is 0 Å². The van der Waals surface area contributed by atoms with Crippen molar-refractivity contribution in [3.8, 4) is 5.75 Å². The maximum Gasteiger partial charge on any atom is 0.262 e. The molecule has 24 heavy (non-hydrogen) atoms. The number of benzene rings is 2. The molecule has 0 aromatic heterocycles. The van der Waals surface area contributed by atoms with Gasteiger partial charge in [0.15, 0.2) is 5.78 Å². The molecule has 2 aromatic rings. The van der Waals surface area contributed by atoms with Crippen molar-refractivity contribution in [2.45, 2.75) is 18.9 Å². The van der Waals surface area contributed by atoms with Crippen LogP contribution in [0.15, 0.2) is 59.8 Å². The third-order valence-corrected chi connectivity index (χ3v) is 4.12. The molecular formula is C19H17NO4. The smallest absolute Gasteiger partial charge is 0.262 e. The number of hydrogen-bond acceptors (Lipinski definition) is 5. The molecule has 1 heterocycles. The topological polar surface area (TPSA) is 65.0 Å². The van der Waals surface area contributed by atoms with Crippen molar-refractivity contribution in [1.82, 2.24) is 0 Å². The summed E-state index contributed by atoms with van der Waals surface area (Å²) in [5.41, 5.74) is 0.201. The first-order valence-electron chi connectivity index (χ1n) is 7.57. The molecule has 0 saturated carbocycles. The van der Waals surface area contributed by atoms with Gasteiger partial charge in [0.2, 0.25) is 5.78 Å². The van der Waals surface area contributed by atoms with Gasteiger partial charge in [0.1, 0.15) is 5.75 Å². The van der Waals surface area contributed by atoms with E-state index in [4.69, 9.17) is 9.57 Å². The summed E-state index contributed by atoms with van der Waals surface area (Å²) >= 11 is 0. The lowest BCUT2D eigenvalue weighted by molar-refractivity contribution is -0.133. The highest BCUT2D eigenvalue weighted by Gasteiger charge is 2.51. The van der Waals surface area contributed by atoms with Gasteiger partial charge in [-0.1, -0.05) is 35.5 Å². The van der Waals surface area contributed by atoms with Crippen molar-refractivity contribution in [2.75, 3.05) is 7.11 Å². The van der Waals surface area contributed by atoms with Gasteiger partial charge in [-0.2, -0.15) is 0 Å². The largest absolute Gasteiger partial charge is 0.497 e. The Balaban J connectivity index is 1.89. The highest BCUT2D eigenvalue weighted by Crippen LogP contribution is 2.32. The van der Waals surface area contributed by atoms with Crippen LogP contribution in [0.25, 0.3) is 0 Å². The quantitative estimate of drug-likeness (QED) is 0.627. The standard InChI is InChI=1S/C19H17NO4/c1-13(21)19(18(22)15-6-4-3-5-7-15)12-17(20-24-19)14-8-10-16(23-2)11-9-14/h3-11H,12H2,1-2H3. The summed E-state index contributed by atoms with van der Waals surface area (Å²) in [5.74, 6) is -0.0112. The molecule has 1 atom stereocenters. The molecule has 0 amide bonds. The van der Waals surface area contributed by atoms with E-state index in [9.17, 15) is 9.59 Å². The summed E-state index contributed by atoms with van der Waals surface area (Å²) in [4.78, 5) is 30.5. The number of methoxy groups -OCH3 is 1.